The summed E-state index contributed by atoms with van der Waals surface area (Å²) in [6, 6.07) is 0. The van der Waals surface area contributed by atoms with E-state index in [1.807, 2.05) is 0 Å². The minimum absolute atomic E-state index is 0.00231. The fraction of sp³-hybridized carbons (Fsp3) is 0.333. The third kappa shape index (κ3) is 0.823. The van der Waals surface area contributed by atoms with Gasteiger partial charge in [-0.05, 0) is 0 Å². The topological polar surface area (TPSA) is 79.0 Å². The maximum Gasteiger partial charge on any atom is 0.277 e. The van der Waals surface area contributed by atoms with Gasteiger partial charge in [-0.3, -0.25) is 10.2 Å². The van der Waals surface area contributed by atoms with Gasteiger partial charge in [0.25, 0.3) is 5.91 Å². The third-order valence-electron chi connectivity index (χ3n) is 0.724. The van der Waals surface area contributed by atoms with Crippen molar-refractivity contribution in [3.63, 3.8) is 0 Å². The average Bonchev–Trinajstić information content (AvgIpc) is 1.85. The van der Waals surface area contributed by atoms with Crippen LogP contribution >= 0.6 is 11.8 Å². The van der Waals surface area contributed by atoms with Crippen LogP contribution in [0.2, 0.25) is 0 Å². The van der Waals surface area contributed by atoms with Crippen molar-refractivity contribution in [1.82, 2.24) is 5.32 Å². The lowest BCUT2D eigenvalue weighted by atomic mass is 10.7. The van der Waals surface area contributed by atoms with Gasteiger partial charge in [0.2, 0.25) is 0 Å². The van der Waals surface area contributed by atoms with E-state index in [2.05, 4.69) is 5.32 Å². The fourth-order valence-corrected chi connectivity index (χ4v) is 0.991. The number of carbonyl (C=O) groups excluding carboxylic acids is 1. The van der Waals surface area contributed by atoms with E-state index < -0.39 is 5.50 Å². The number of thioether (sulfide) groups is 1. The molecule has 1 atom stereocenters. The summed E-state index contributed by atoms with van der Waals surface area (Å²) in [5, 5.41) is 9.20. The van der Waals surface area contributed by atoms with Crippen molar-refractivity contribution in [2.24, 2.45) is 5.73 Å². The number of amides is 1. The van der Waals surface area contributed by atoms with Gasteiger partial charge in [-0.25, -0.2) is 0 Å². The second kappa shape index (κ2) is 1.75. The van der Waals surface area contributed by atoms with Crippen LogP contribution in [0.4, 0.5) is 0 Å². The zero-order valence-electron chi connectivity index (χ0n) is 3.97. The zero-order valence-corrected chi connectivity index (χ0v) is 4.79. The summed E-state index contributed by atoms with van der Waals surface area (Å²) >= 11 is 1.03. The number of rotatable bonds is 0. The Hall–Kier alpha value is -0.550. The summed E-state index contributed by atoms with van der Waals surface area (Å²) in [7, 11) is 0. The van der Waals surface area contributed by atoms with Crippen LogP contribution in [0.3, 0.4) is 0 Å². The number of hydrogen-bond donors (Lipinski definition) is 3. The predicted octanol–water partition coefficient (Wildman–Crippen LogP) is -0.931. The first-order chi connectivity index (χ1) is 3.70. The monoisotopic (exact) mass is 131 g/mol. The Bertz CT molecular complexity index is 129. The first-order valence-electron chi connectivity index (χ1n) is 2.02. The summed E-state index contributed by atoms with van der Waals surface area (Å²) in [6.45, 7) is 0. The molecule has 0 bridgehead atoms. The summed E-state index contributed by atoms with van der Waals surface area (Å²) < 4.78 is 0. The van der Waals surface area contributed by atoms with Crippen molar-refractivity contribution < 1.29 is 4.79 Å². The summed E-state index contributed by atoms with van der Waals surface area (Å²) in [4.78, 5) is 10.3. The van der Waals surface area contributed by atoms with Gasteiger partial charge in [-0.15, -0.1) is 0 Å². The molecule has 0 spiro atoms. The molecule has 1 aliphatic heterocycles. The van der Waals surface area contributed by atoms with Crippen LogP contribution in [0.5, 0.6) is 0 Å². The second-order valence-electron chi connectivity index (χ2n) is 1.34. The lowest BCUT2D eigenvalue weighted by Crippen LogP contribution is -2.32. The first kappa shape index (κ1) is 5.58. The lowest BCUT2D eigenvalue weighted by Gasteiger charge is -1.94. The van der Waals surface area contributed by atoms with Crippen LogP contribution in [0, 0.1) is 5.41 Å². The Labute approximate surface area is 50.3 Å². The average molecular weight is 131 g/mol. The number of hydrogen-bond acceptors (Lipinski definition) is 4. The van der Waals surface area contributed by atoms with E-state index in [1.165, 1.54) is 0 Å². The van der Waals surface area contributed by atoms with E-state index in [9.17, 15) is 4.79 Å². The maximum absolute atomic E-state index is 10.3. The molecule has 1 saturated heterocycles. The Kier molecular flexibility index (Phi) is 1.22. The zero-order chi connectivity index (χ0) is 6.15. The molecule has 1 unspecified atom stereocenters. The molecule has 0 saturated carbocycles. The minimum Gasteiger partial charge on any atom is -0.326 e. The maximum atomic E-state index is 10.3. The van der Waals surface area contributed by atoms with E-state index in [0.717, 1.165) is 11.8 Å². The van der Waals surface area contributed by atoms with Crippen LogP contribution in [-0.2, 0) is 4.79 Å². The molecule has 0 aromatic heterocycles. The molecule has 44 valence electrons. The molecule has 1 amide bonds. The van der Waals surface area contributed by atoms with Crippen molar-refractivity contribution in [3.8, 4) is 0 Å². The molecule has 4 N–H and O–H groups in total. The van der Waals surface area contributed by atoms with Gasteiger partial charge in [-0.2, -0.15) is 0 Å². The molecular weight excluding hydrogens is 126 g/mol. The largest absolute Gasteiger partial charge is 0.326 e. The van der Waals surface area contributed by atoms with E-state index in [-0.39, 0.29) is 11.0 Å². The van der Waals surface area contributed by atoms with Crippen LogP contribution in [0.25, 0.3) is 0 Å². The fourth-order valence-electron chi connectivity index (χ4n) is 0.405. The molecule has 0 aromatic rings. The lowest BCUT2D eigenvalue weighted by molar-refractivity contribution is -0.114. The van der Waals surface area contributed by atoms with E-state index in [4.69, 9.17) is 11.1 Å². The highest BCUT2D eigenvalue weighted by Gasteiger charge is 2.23. The molecule has 5 heteroatoms. The van der Waals surface area contributed by atoms with Gasteiger partial charge in [0.15, 0.2) is 5.04 Å². The van der Waals surface area contributed by atoms with Gasteiger partial charge in [0, 0.05) is 0 Å². The highest BCUT2D eigenvalue weighted by atomic mass is 32.2. The highest BCUT2D eigenvalue weighted by Crippen LogP contribution is 2.11. The quantitative estimate of drug-likeness (QED) is 0.397. The number of nitrogens with one attached hydrogen (secondary N) is 2. The minimum atomic E-state index is -0.407. The van der Waals surface area contributed by atoms with Gasteiger partial charge < -0.3 is 11.1 Å². The summed E-state index contributed by atoms with van der Waals surface area (Å²) in [5.74, 6) is -0.373. The van der Waals surface area contributed by atoms with E-state index in [1.54, 1.807) is 0 Å². The molecule has 4 nitrogen and oxygen atoms in total. The highest BCUT2D eigenvalue weighted by molar-refractivity contribution is 8.16. The third-order valence-corrected chi connectivity index (χ3v) is 1.52. The molecule has 0 aliphatic carbocycles. The Morgan fingerprint density at radius 3 is 2.62 bits per heavy atom. The summed E-state index contributed by atoms with van der Waals surface area (Å²) in [5.41, 5.74) is 4.80. The van der Waals surface area contributed by atoms with Crippen molar-refractivity contribution >= 4 is 22.7 Å². The molecular formula is C3H5N3OS. The predicted molar refractivity (Wildman–Crippen MR) is 31.4 cm³/mol. The number of nitrogens with two attached hydrogens (primary N) is 1. The molecule has 0 aromatic carbocycles. The van der Waals surface area contributed by atoms with Gasteiger partial charge in [-0.1, -0.05) is 11.8 Å². The molecule has 1 rings (SSSR count). The van der Waals surface area contributed by atoms with Crippen LogP contribution < -0.4 is 11.1 Å². The molecule has 1 fully saturated rings. The molecule has 1 aliphatic rings. The standard InChI is InChI=1S/C3H5N3OS/c4-1-2(7)6-3(5)8-1/h3-4H,5H2,(H,6,7). The van der Waals surface area contributed by atoms with Crippen molar-refractivity contribution in [3.05, 3.63) is 0 Å². The van der Waals surface area contributed by atoms with Crippen LogP contribution in [-0.4, -0.2) is 16.4 Å². The number of carbonyl (C=O) groups is 1. The van der Waals surface area contributed by atoms with Gasteiger partial charge in [0.1, 0.15) is 5.50 Å². The van der Waals surface area contributed by atoms with E-state index in [0.29, 0.717) is 0 Å². The second-order valence-corrected chi connectivity index (χ2v) is 2.49. The summed E-state index contributed by atoms with van der Waals surface area (Å²) in [6.07, 6.45) is 0. The van der Waals surface area contributed by atoms with Crippen molar-refractivity contribution in [2.75, 3.05) is 0 Å². The normalized spacial score (nSPS) is 28.4. The Morgan fingerprint density at radius 1 is 1.88 bits per heavy atom. The molecule has 8 heavy (non-hydrogen) atoms. The van der Waals surface area contributed by atoms with E-state index >= 15 is 0 Å². The molecule has 0 radical (unpaired) electrons. The van der Waals surface area contributed by atoms with Crippen LogP contribution in [0.1, 0.15) is 0 Å². The Balaban J connectivity index is 2.64. The van der Waals surface area contributed by atoms with Crippen molar-refractivity contribution in [1.29, 1.82) is 5.41 Å². The van der Waals surface area contributed by atoms with Gasteiger partial charge in [0.05, 0.1) is 0 Å². The first-order valence-corrected chi connectivity index (χ1v) is 2.90. The van der Waals surface area contributed by atoms with Gasteiger partial charge >= 0.3 is 0 Å². The Morgan fingerprint density at radius 2 is 2.50 bits per heavy atom. The SMILES string of the molecule is N=C1SC(N)NC1=O. The molecule has 1 heterocycles. The smallest absolute Gasteiger partial charge is 0.277 e. The van der Waals surface area contributed by atoms with Crippen molar-refractivity contribution in [2.45, 2.75) is 5.50 Å². The van der Waals surface area contributed by atoms with Crippen LogP contribution in [0.15, 0.2) is 0 Å².